The van der Waals surface area contributed by atoms with Gasteiger partial charge in [0.05, 0.1) is 4.47 Å². The number of hydrogen-bond donors (Lipinski definition) is 2. The predicted octanol–water partition coefficient (Wildman–Crippen LogP) is 2.47. The lowest BCUT2D eigenvalue weighted by Crippen LogP contribution is -1.89. The average Bonchev–Trinajstić information content (AvgIpc) is 1.96. The Morgan fingerprint density at radius 3 is 2.75 bits per heavy atom. The van der Waals surface area contributed by atoms with Crippen molar-refractivity contribution in [2.24, 2.45) is 5.73 Å². The van der Waals surface area contributed by atoms with Crippen molar-refractivity contribution < 1.29 is 5.11 Å². The molecular formula is C9H10BrNO. The molecule has 0 spiro atoms. The molecule has 0 radical (unpaired) electrons. The summed E-state index contributed by atoms with van der Waals surface area (Å²) in [6.45, 7) is 1.82. The van der Waals surface area contributed by atoms with Gasteiger partial charge in [-0.05, 0) is 46.6 Å². The van der Waals surface area contributed by atoms with Crippen LogP contribution in [0.25, 0.3) is 6.08 Å². The number of benzene rings is 1. The molecule has 0 saturated heterocycles. The lowest BCUT2D eigenvalue weighted by Gasteiger charge is -1.98. The first-order valence-electron chi connectivity index (χ1n) is 3.52. The molecule has 0 aliphatic carbocycles. The molecule has 0 heterocycles. The van der Waals surface area contributed by atoms with Crippen molar-refractivity contribution >= 4 is 22.0 Å². The van der Waals surface area contributed by atoms with E-state index in [1.54, 1.807) is 12.1 Å². The summed E-state index contributed by atoms with van der Waals surface area (Å²) in [6, 6.07) is 5.24. The first-order valence-corrected chi connectivity index (χ1v) is 4.31. The monoisotopic (exact) mass is 227 g/mol. The molecule has 0 unspecified atom stereocenters. The van der Waals surface area contributed by atoms with Crippen LogP contribution in [0.5, 0.6) is 5.75 Å². The fraction of sp³-hybridized carbons (Fsp3) is 0.111. The SMILES string of the molecule is C/C(N)=C/c1ccc(O)c(Br)c1. The van der Waals surface area contributed by atoms with Crippen LogP contribution < -0.4 is 5.73 Å². The van der Waals surface area contributed by atoms with Crippen LogP contribution in [0.2, 0.25) is 0 Å². The minimum atomic E-state index is 0.238. The Balaban J connectivity index is 3.05. The lowest BCUT2D eigenvalue weighted by molar-refractivity contribution is 0.472. The molecule has 3 N–H and O–H groups in total. The highest BCUT2D eigenvalue weighted by Gasteiger charge is 1.96. The van der Waals surface area contributed by atoms with Crippen LogP contribution in [0.4, 0.5) is 0 Å². The summed E-state index contributed by atoms with van der Waals surface area (Å²) in [6.07, 6.45) is 1.84. The van der Waals surface area contributed by atoms with E-state index >= 15 is 0 Å². The van der Waals surface area contributed by atoms with E-state index < -0.39 is 0 Å². The highest BCUT2D eigenvalue weighted by molar-refractivity contribution is 9.10. The van der Waals surface area contributed by atoms with Crippen molar-refractivity contribution in [1.82, 2.24) is 0 Å². The zero-order valence-electron chi connectivity index (χ0n) is 6.71. The van der Waals surface area contributed by atoms with E-state index in [4.69, 9.17) is 5.73 Å². The molecule has 0 saturated carbocycles. The van der Waals surface area contributed by atoms with Gasteiger partial charge in [-0.1, -0.05) is 6.07 Å². The van der Waals surface area contributed by atoms with Crippen LogP contribution in [-0.4, -0.2) is 5.11 Å². The van der Waals surface area contributed by atoms with Gasteiger partial charge in [0.15, 0.2) is 0 Å². The highest BCUT2D eigenvalue weighted by atomic mass is 79.9. The highest BCUT2D eigenvalue weighted by Crippen LogP contribution is 2.24. The second-order valence-corrected chi connectivity index (χ2v) is 3.45. The second kappa shape index (κ2) is 3.63. The van der Waals surface area contributed by atoms with Crippen LogP contribution in [-0.2, 0) is 0 Å². The fourth-order valence-electron chi connectivity index (χ4n) is 0.876. The number of aromatic hydroxyl groups is 1. The summed E-state index contributed by atoms with van der Waals surface area (Å²) in [5.41, 5.74) is 7.21. The van der Waals surface area contributed by atoms with E-state index in [1.807, 2.05) is 19.1 Å². The lowest BCUT2D eigenvalue weighted by atomic mass is 10.2. The van der Waals surface area contributed by atoms with Crippen LogP contribution in [0.1, 0.15) is 12.5 Å². The molecule has 0 aliphatic heterocycles. The third-order valence-corrected chi connectivity index (χ3v) is 2.00. The first kappa shape index (κ1) is 9.13. The van der Waals surface area contributed by atoms with Crippen LogP contribution in [0.3, 0.4) is 0 Å². The standard InChI is InChI=1S/C9H10BrNO/c1-6(11)4-7-2-3-9(12)8(10)5-7/h2-5,12H,11H2,1H3/b6-4-. The molecule has 1 aromatic rings. The van der Waals surface area contributed by atoms with Crippen LogP contribution in [0, 0.1) is 0 Å². The van der Waals surface area contributed by atoms with Gasteiger partial charge in [-0.3, -0.25) is 0 Å². The van der Waals surface area contributed by atoms with Crippen molar-refractivity contribution in [1.29, 1.82) is 0 Å². The summed E-state index contributed by atoms with van der Waals surface area (Å²) in [4.78, 5) is 0. The van der Waals surface area contributed by atoms with Gasteiger partial charge in [0.2, 0.25) is 0 Å². The number of phenolic OH excluding ortho intramolecular Hbond substituents is 1. The van der Waals surface area contributed by atoms with Crippen molar-refractivity contribution in [3.05, 3.63) is 33.9 Å². The van der Waals surface area contributed by atoms with Gasteiger partial charge >= 0.3 is 0 Å². The predicted molar refractivity (Wildman–Crippen MR) is 53.6 cm³/mol. The zero-order valence-corrected chi connectivity index (χ0v) is 8.30. The number of rotatable bonds is 1. The van der Waals surface area contributed by atoms with E-state index in [0.717, 1.165) is 11.3 Å². The van der Waals surface area contributed by atoms with Crippen molar-refractivity contribution in [2.75, 3.05) is 0 Å². The second-order valence-electron chi connectivity index (χ2n) is 2.60. The number of allylic oxidation sites excluding steroid dienone is 1. The van der Waals surface area contributed by atoms with Gasteiger partial charge in [0.25, 0.3) is 0 Å². The zero-order chi connectivity index (χ0) is 9.14. The van der Waals surface area contributed by atoms with Crippen LogP contribution >= 0.6 is 15.9 Å². The Hall–Kier alpha value is -0.960. The van der Waals surface area contributed by atoms with Gasteiger partial charge in [0, 0.05) is 5.70 Å². The van der Waals surface area contributed by atoms with Crippen molar-refractivity contribution in [3.63, 3.8) is 0 Å². The minimum absolute atomic E-state index is 0.238. The molecule has 0 fully saturated rings. The van der Waals surface area contributed by atoms with Gasteiger partial charge < -0.3 is 10.8 Å². The maximum atomic E-state index is 9.18. The fourth-order valence-corrected chi connectivity index (χ4v) is 1.27. The molecule has 0 aromatic heterocycles. The van der Waals surface area contributed by atoms with Gasteiger partial charge in [-0.15, -0.1) is 0 Å². The molecule has 2 nitrogen and oxygen atoms in total. The summed E-state index contributed by atoms with van der Waals surface area (Å²) in [5.74, 6) is 0.238. The maximum absolute atomic E-state index is 9.18. The molecule has 0 atom stereocenters. The van der Waals surface area contributed by atoms with Gasteiger partial charge in [-0.2, -0.15) is 0 Å². The Bertz CT molecular complexity index is 316. The maximum Gasteiger partial charge on any atom is 0.129 e. The molecule has 3 heteroatoms. The quantitative estimate of drug-likeness (QED) is 0.775. The third-order valence-electron chi connectivity index (χ3n) is 1.37. The summed E-state index contributed by atoms with van der Waals surface area (Å²) in [7, 11) is 0. The Morgan fingerprint density at radius 1 is 1.58 bits per heavy atom. The van der Waals surface area contributed by atoms with Crippen molar-refractivity contribution in [2.45, 2.75) is 6.92 Å². The molecular weight excluding hydrogens is 218 g/mol. The topological polar surface area (TPSA) is 46.2 Å². The molecule has 1 rings (SSSR count). The average molecular weight is 228 g/mol. The molecule has 0 bridgehead atoms. The first-order chi connectivity index (χ1) is 5.59. The number of hydrogen-bond acceptors (Lipinski definition) is 2. The van der Waals surface area contributed by atoms with E-state index in [1.165, 1.54) is 0 Å². The Labute approximate surface area is 79.8 Å². The molecule has 1 aromatic carbocycles. The summed E-state index contributed by atoms with van der Waals surface area (Å²) < 4.78 is 0.678. The molecule has 0 amide bonds. The number of nitrogens with two attached hydrogens (primary N) is 1. The molecule has 0 aliphatic rings. The smallest absolute Gasteiger partial charge is 0.129 e. The number of halogens is 1. The van der Waals surface area contributed by atoms with Crippen LogP contribution in [0.15, 0.2) is 28.4 Å². The van der Waals surface area contributed by atoms with E-state index in [9.17, 15) is 5.11 Å². The Kier molecular flexibility index (Phi) is 2.76. The normalized spacial score (nSPS) is 11.7. The van der Waals surface area contributed by atoms with Crippen molar-refractivity contribution in [3.8, 4) is 5.75 Å². The van der Waals surface area contributed by atoms with Gasteiger partial charge in [-0.25, -0.2) is 0 Å². The van der Waals surface area contributed by atoms with E-state index in [2.05, 4.69) is 15.9 Å². The summed E-state index contributed by atoms with van der Waals surface area (Å²) >= 11 is 3.22. The Morgan fingerprint density at radius 2 is 2.25 bits per heavy atom. The van der Waals surface area contributed by atoms with E-state index in [0.29, 0.717) is 4.47 Å². The van der Waals surface area contributed by atoms with Gasteiger partial charge in [0.1, 0.15) is 5.75 Å². The molecule has 64 valence electrons. The largest absolute Gasteiger partial charge is 0.507 e. The number of phenols is 1. The third kappa shape index (κ3) is 2.27. The minimum Gasteiger partial charge on any atom is -0.507 e. The van der Waals surface area contributed by atoms with E-state index in [-0.39, 0.29) is 5.75 Å². The molecule has 12 heavy (non-hydrogen) atoms. The summed E-state index contributed by atoms with van der Waals surface area (Å²) in [5, 5.41) is 9.18.